The summed E-state index contributed by atoms with van der Waals surface area (Å²) in [5.41, 5.74) is 10.8. The molecule has 2 aromatic carbocycles. The summed E-state index contributed by atoms with van der Waals surface area (Å²) in [6, 6.07) is 15.0. The van der Waals surface area contributed by atoms with Crippen LogP contribution in [0, 0.1) is 5.92 Å². The summed E-state index contributed by atoms with van der Waals surface area (Å²) in [7, 11) is 2.16. The predicted molar refractivity (Wildman–Crippen MR) is 137 cm³/mol. The zero-order chi connectivity index (χ0) is 24.6. The van der Waals surface area contributed by atoms with Crippen molar-refractivity contribution in [1.82, 2.24) is 20.7 Å². The van der Waals surface area contributed by atoms with Crippen LogP contribution >= 0.6 is 0 Å². The Balaban J connectivity index is 1.12. The molecular weight excluding hydrogens is 454 g/mol. The molecular formula is C28H35N5O3. The van der Waals surface area contributed by atoms with Gasteiger partial charge in [-0.25, -0.2) is 0 Å². The van der Waals surface area contributed by atoms with E-state index in [1.54, 1.807) is 0 Å². The number of likely N-dealkylation sites (N-methyl/N-ethyl adjacent to an activating group) is 1. The Morgan fingerprint density at radius 3 is 2.89 bits per heavy atom. The minimum absolute atomic E-state index is 0.0127. The van der Waals surface area contributed by atoms with Crippen LogP contribution in [0.25, 0.3) is 0 Å². The lowest BCUT2D eigenvalue weighted by Gasteiger charge is -2.30. The average Bonchev–Trinajstić information content (AvgIpc) is 3.65. The van der Waals surface area contributed by atoms with Crippen molar-refractivity contribution in [3.63, 3.8) is 0 Å². The third kappa shape index (κ3) is 4.98. The number of benzene rings is 2. The van der Waals surface area contributed by atoms with Gasteiger partial charge in [0.25, 0.3) is 0 Å². The van der Waals surface area contributed by atoms with Crippen LogP contribution < -0.4 is 20.9 Å². The van der Waals surface area contributed by atoms with Crippen molar-refractivity contribution in [2.75, 3.05) is 32.1 Å². The maximum Gasteiger partial charge on any atom is 0.231 e. The van der Waals surface area contributed by atoms with E-state index in [9.17, 15) is 9.59 Å². The molecule has 2 aromatic rings. The number of hydrazine groups is 1. The number of carbonyl (C=O) groups excluding carboxylic acids is 2. The Morgan fingerprint density at radius 2 is 2.03 bits per heavy atom. The highest BCUT2D eigenvalue weighted by atomic mass is 16.5. The number of nitrogens with one attached hydrogen (secondary N) is 3. The number of hydrogen-bond acceptors (Lipinski definition) is 6. The van der Waals surface area contributed by atoms with Gasteiger partial charge in [-0.2, -0.15) is 0 Å². The fraction of sp³-hybridized carbons (Fsp3) is 0.500. The molecule has 2 amide bonds. The topological polar surface area (TPSA) is 85.9 Å². The molecule has 0 aromatic heterocycles. The van der Waals surface area contributed by atoms with E-state index in [1.807, 2.05) is 35.2 Å². The van der Waals surface area contributed by atoms with Gasteiger partial charge in [-0.1, -0.05) is 24.3 Å². The average molecular weight is 490 g/mol. The molecule has 0 radical (unpaired) electrons. The second-order valence-corrected chi connectivity index (χ2v) is 10.8. The van der Waals surface area contributed by atoms with Gasteiger partial charge in [-0.15, -0.1) is 0 Å². The third-order valence-corrected chi connectivity index (χ3v) is 7.90. The number of rotatable bonds is 6. The lowest BCUT2D eigenvalue weighted by molar-refractivity contribution is -0.135. The minimum atomic E-state index is -0.460. The quantitative estimate of drug-likeness (QED) is 0.579. The molecule has 0 bridgehead atoms. The van der Waals surface area contributed by atoms with Gasteiger partial charge in [-0.05, 0) is 61.6 Å². The number of ether oxygens (including phenoxy) is 1. The van der Waals surface area contributed by atoms with Gasteiger partial charge in [-0.3, -0.25) is 20.4 Å². The molecule has 8 nitrogen and oxygen atoms in total. The number of anilines is 1. The van der Waals surface area contributed by atoms with Gasteiger partial charge in [0.1, 0.15) is 12.4 Å². The molecule has 3 unspecified atom stereocenters. The van der Waals surface area contributed by atoms with Crippen molar-refractivity contribution in [2.45, 2.75) is 56.8 Å². The van der Waals surface area contributed by atoms with Gasteiger partial charge < -0.3 is 19.9 Å². The van der Waals surface area contributed by atoms with Crippen molar-refractivity contribution in [1.29, 1.82) is 0 Å². The Labute approximate surface area is 212 Å². The summed E-state index contributed by atoms with van der Waals surface area (Å²) in [5.74, 6) is 1.12. The lowest BCUT2D eigenvalue weighted by atomic mass is 9.89. The second kappa shape index (κ2) is 9.84. The minimum Gasteiger partial charge on any atom is -0.491 e. The highest BCUT2D eigenvalue weighted by Gasteiger charge is 2.37. The zero-order valence-corrected chi connectivity index (χ0v) is 20.8. The molecule has 3 atom stereocenters. The van der Waals surface area contributed by atoms with E-state index < -0.39 is 5.92 Å². The molecule has 3 heterocycles. The van der Waals surface area contributed by atoms with E-state index in [0.717, 1.165) is 41.6 Å². The first-order chi connectivity index (χ1) is 17.5. The van der Waals surface area contributed by atoms with Crippen LogP contribution in [0.15, 0.2) is 42.5 Å². The Bertz CT molecular complexity index is 1150. The van der Waals surface area contributed by atoms with Crippen molar-refractivity contribution >= 4 is 17.5 Å². The van der Waals surface area contributed by atoms with E-state index >= 15 is 0 Å². The van der Waals surface area contributed by atoms with Crippen LogP contribution in [0.2, 0.25) is 0 Å². The first-order valence-corrected chi connectivity index (χ1v) is 13.2. The number of amides is 2. The molecule has 0 spiro atoms. The van der Waals surface area contributed by atoms with Gasteiger partial charge in [0.15, 0.2) is 0 Å². The largest absolute Gasteiger partial charge is 0.491 e. The van der Waals surface area contributed by atoms with Crippen LogP contribution in [-0.4, -0.2) is 60.4 Å². The predicted octanol–water partition coefficient (Wildman–Crippen LogP) is 2.61. The first-order valence-electron chi connectivity index (χ1n) is 13.2. The highest BCUT2D eigenvalue weighted by molar-refractivity contribution is 6.01. The molecule has 1 saturated heterocycles. The molecule has 8 heteroatoms. The van der Waals surface area contributed by atoms with Crippen molar-refractivity contribution in [2.24, 2.45) is 5.92 Å². The molecule has 190 valence electrons. The van der Waals surface area contributed by atoms with Crippen molar-refractivity contribution < 1.29 is 14.3 Å². The summed E-state index contributed by atoms with van der Waals surface area (Å²) in [4.78, 5) is 30.1. The third-order valence-electron chi connectivity index (χ3n) is 7.90. The van der Waals surface area contributed by atoms with Gasteiger partial charge >= 0.3 is 0 Å². The van der Waals surface area contributed by atoms with Crippen LogP contribution in [0.4, 0.5) is 5.69 Å². The van der Waals surface area contributed by atoms with E-state index in [1.165, 1.54) is 24.8 Å². The van der Waals surface area contributed by atoms with E-state index in [2.05, 4.69) is 40.2 Å². The van der Waals surface area contributed by atoms with Gasteiger partial charge in [0, 0.05) is 49.4 Å². The highest BCUT2D eigenvalue weighted by Crippen LogP contribution is 2.36. The molecule has 2 fully saturated rings. The van der Waals surface area contributed by atoms with Gasteiger partial charge in [0.05, 0.1) is 12.5 Å². The normalized spacial score (nSPS) is 25.6. The van der Waals surface area contributed by atoms with Crippen LogP contribution in [0.5, 0.6) is 5.75 Å². The maximum atomic E-state index is 13.6. The smallest absolute Gasteiger partial charge is 0.231 e. The molecule has 6 rings (SSSR count). The maximum absolute atomic E-state index is 13.6. The molecule has 1 saturated carbocycles. The zero-order valence-electron chi connectivity index (χ0n) is 20.8. The molecule has 36 heavy (non-hydrogen) atoms. The van der Waals surface area contributed by atoms with Crippen LogP contribution in [0.1, 0.15) is 48.3 Å². The summed E-state index contributed by atoms with van der Waals surface area (Å²) in [5, 5.41) is 2.89. The molecule has 1 aliphatic carbocycles. The molecule has 3 aliphatic heterocycles. The summed E-state index contributed by atoms with van der Waals surface area (Å²) in [6.45, 7) is 3.26. The van der Waals surface area contributed by atoms with E-state index in [0.29, 0.717) is 31.8 Å². The molecule has 4 aliphatic rings. The number of nitrogens with zero attached hydrogens (tertiary/aromatic N) is 2. The van der Waals surface area contributed by atoms with Crippen LogP contribution in [0.3, 0.4) is 0 Å². The fourth-order valence-electron chi connectivity index (χ4n) is 5.92. The van der Waals surface area contributed by atoms with E-state index in [4.69, 9.17) is 4.74 Å². The monoisotopic (exact) mass is 489 g/mol. The molecule has 3 N–H and O–H groups in total. The van der Waals surface area contributed by atoms with Crippen molar-refractivity contribution in [3.8, 4) is 5.75 Å². The lowest BCUT2D eigenvalue weighted by Crippen LogP contribution is -2.39. The Hall–Kier alpha value is -2.94. The number of para-hydroxylation sites is 1. The SMILES string of the molecule is CN(Cc1ccc2c(c1)CN(C(=O)C1CC(=O)Nc3ccccc31)CCO2)CC1CC(C2CC2)NN1. The van der Waals surface area contributed by atoms with E-state index in [-0.39, 0.29) is 18.2 Å². The Morgan fingerprint density at radius 1 is 1.17 bits per heavy atom. The summed E-state index contributed by atoms with van der Waals surface area (Å²) in [6.07, 6.45) is 4.08. The summed E-state index contributed by atoms with van der Waals surface area (Å²) >= 11 is 0. The number of hydrogen-bond donors (Lipinski definition) is 3. The number of carbonyl (C=O) groups is 2. The Kier molecular flexibility index (Phi) is 6.41. The second-order valence-electron chi connectivity index (χ2n) is 10.8. The standard InChI is InChI=1S/C28H35N5O3/c1-32(17-21-13-25(31-30-21)19-7-8-19)15-18-6-9-26-20(12-18)16-33(10-11-36-26)28(35)23-14-27(34)29-24-5-3-2-4-22(23)24/h2-6,9,12,19,21,23,25,30-31H,7-8,10-11,13-17H2,1H3,(H,29,34). The fourth-order valence-corrected chi connectivity index (χ4v) is 5.92. The summed E-state index contributed by atoms with van der Waals surface area (Å²) < 4.78 is 6.01. The van der Waals surface area contributed by atoms with Crippen LogP contribution in [-0.2, 0) is 22.7 Å². The van der Waals surface area contributed by atoms with Crippen molar-refractivity contribution in [3.05, 3.63) is 59.2 Å². The first kappa shape index (κ1) is 23.5. The van der Waals surface area contributed by atoms with Gasteiger partial charge in [0.2, 0.25) is 11.8 Å². The number of fused-ring (bicyclic) bond motifs is 2.